The van der Waals surface area contributed by atoms with E-state index in [0.29, 0.717) is 28.9 Å². The van der Waals surface area contributed by atoms with E-state index in [2.05, 4.69) is 51.4 Å². The normalized spacial score (nSPS) is 11.2. The van der Waals surface area contributed by atoms with E-state index in [-0.39, 0.29) is 0 Å². The van der Waals surface area contributed by atoms with Crippen molar-refractivity contribution < 1.29 is 9.47 Å². The summed E-state index contributed by atoms with van der Waals surface area (Å²) < 4.78 is 15.0. The van der Waals surface area contributed by atoms with Crippen LogP contribution in [0.15, 0.2) is 195 Å². The van der Waals surface area contributed by atoms with Crippen molar-refractivity contribution >= 4 is 21.8 Å². The van der Waals surface area contributed by atoms with Gasteiger partial charge in [-0.3, -0.25) is 4.57 Å². The average Bonchev–Trinajstić information content (AvgIpc) is 3.60. The third-order valence-corrected chi connectivity index (χ3v) is 9.76. The molecule has 0 saturated heterocycles. The molecule has 0 aliphatic carbocycles. The van der Waals surface area contributed by atoms with Gasteiger partial charge in [0.2, 0.25) is 5.95 Å². The Labute approximate surface area is 328 Å². The summed E-state index contributed by atoms with van der Waals surface area (Å²) >= 11 is 0. The summed E-state index contributed by atoms with van der Waals surface area (Å²) in [5.41, 5.74) is 9.38. The molecule has 8 nitrogen and oxygen atoms in total. The summed E-state index contributed by atoms with van der Waals surface area (Å²) in [5, 5.41) is 2.04. The van der Waals surface area contributed by atoms with Crippen LogP contribution in [0, 0.1) is 0 Å². The summed E-state index contributed by atoms with van der Waals surface area (Å²) in [7, 11) is 0. The first-order chi connectivity index (χ1) is 28.2. The van der Waals surface area contributed by atoms with Crippen molar-refractivity contribution in [3.05, 3.63) is 195 Å². The number of fused-ring (bicyclic) bond motifs is 3. The number of pyridine rings is 2. The summed E-state index contributed by atoms with van der Waals surface area (Å²) in [5.74, 6) is 3.21. The van der Waals surface area contributed by atoms with Crippen molar-refractivity contribution in [3.8, 4) is 74.0 Å². The minimum absolute atomic E-state index is 0.483. The fraction of sp³-hybridized carbons (Fsp3) is 0. The fourth-order valence-electron chi connectivity index (χ4n) is 7.11. The first-order valence-electron chi connectivity index (χ1n) is 18.5. The summed E-state index contributed by atoms with van der Waals surface area (Å²) in [6.07, 6.45) is 3.00. The Morgan fingerprint density at radius 2 is 0.754 bits per heavy atom. The van der Waals surface area contributed by atoms with Crippen molar-refractivity contribution in [2.24, 2.45) is 0 Å². The molecule has 10 rings (SSSR count). The lowest BCUT2D eigenvalue weighted by atomic mass is 10.1. The highest BCUT2D eigenvalue weighted by Crippen LogP contribution is 2.38. The van der Waals surface area contributed by atoms with Crippen LogP contribution < -0.4 is 9.47 Å². The lowest BCUT2D eigenvalue weighted by molar-refractivity contribution is 0.483. The number of rotatable bonds is 9. The van der Waals surface area contributed by atoms with Crippen LogP contribution in [0.2, 0.25) is 0 Å². The number of nitrogens with zero attached hydrogens (tertiary/aromatic N) is 6. The van der Waals surface area contributed by atoms with Gasteiger partial charge in [-0.25, -0.2) is 24.9 Å². The molecule has 0 atom stereocenters. The quantitative estimate of drug-likeness (QED) is 0.146. The molecule has 0 unspecified atom stereocenters. The van der Waals surface area contributed by atoms with Crippen molar-refractivity contribution in [2.45, 2.75) is 0 Å². The highest BCUT2D eigenvalue weighted by atomic mass is 16.5. The van der Waals surface area contributed by atoms with E-state index in [1.807, 2.05) is 150 Å². The molecule has 270 valence electrons. The number of benzene rings is 6. The Hall–Kier alpha value is -7.97. The van der Waals surface area contributed by atoms with Gasteiger partial charge in [-0.15, -0.1) is 0 Å². The molecule has 0 aliphatic rings. The van der Waals surface area contributed by atoms with Crippen LogP contribution in [-0.4, -0.2) is 29.5 Å². The van der Waals surface area contributed by atoms with Crippen molar-refractivity contribution in [1.29, 1.82) is 0 Å². The van der Waals surface area contributed by atoms with Crippen LogP contribution in [-0.2, 0) is 0 Å². The summed E-state index contributed by atoms with van der Waals surface area (Å²) in [4.78, 5) is 23.1. The predicted molar refractivity (Wildman–Crippen MR) is 225 cm³/mol. The van der Waals surface area contributed by atoms with Gasteiger partial charge in [0.05, 0.1) is 33.8 Å². The van der Waals surface area contributed by atoms with Gasteiger partial charge in [0.25, 0.3) is 0 Å². The fourth-order valence-corrected chi connectivity index (χ4v) is 7.11. The van der Waals surface area contributed by atoms with Crippen molar-refractivity contribution in [1.82, 2.24) is 29.5 Å². The van der Waals surface area contributed by atoms with Gasteiger partial charge in [-0.1, -0.05) is 97.1 Å². The summed E-state index contributed by atoms with van der Waals surface area (Å²) in [6, 6.07) is 60.6. The standard InChI is InChI=1S/C49H32N6O2/c1-3-11-33(12-4-1)43-19-9-21-45(53-43)35-15-7-17-37(27-35)56-39-23-25-41-42-26-24-40(30-48(42)55(47(41)29-39)49-51-31-50-32-52-49)57-38-18-8-16-36(28-38)46-22-10-20-44(54-46)34-13-5-2-6-14-34/h1-32H. The van der Waals surface area contributed by atoms with Gasteiger partial charge >= 0.3 is 0 Å². The zero-order chi connectivity index (χ0) is 38.0. The monoisotopic (exact) mass is 736 g/mol. The molecule has 4 heterocycles. The van der Waals surface area contributed by atoms with Crippen molar-refractivity contribution in [2.75, 3.05) is 0 Å². The lowest BCUT2D eigenvalue weighted by Gasteiger charge is -2.10. The SMILES string of the molecule is c1ccc(-c2cccc(-c3cccc(Oc4ccc5c6ccc(Oc7cccc(-c8cccc(-c9ccccc9)n8)c7)cc6n(-c6ncncn6)c5c4)c3)n2)cc1. The maximum absolute atomic E-state index is 6.51. The molecule has 57 heavy (non-hydrogen) atoms. The predicted octanol–water partition coefficient (Wildman–Crippen LogP) is 12.0. The lowest BCUT2D eigenvalue weighted by Crippen LogP contribution is -2.01. The molecule has 0 N–H and O–H groups in total. The number of hydrogen-bond donors (Lipinski definition) is 0. The van der Waals surface area contributed by atoms with Gasteiger partial charge in [-0.2, -0.15) is 0 Å². The maximum atomic E-state index is 6.51. The van der Waals surface area contributed by atoms with E-state index >= 15 is 0 Å². The number of ether oxygens (including phenoxy) is 2. The van der Waals surface area contributed by atoms with E-state index < -0.39 is 0 Å². The third-order valence-electron chi connectivity index (χ3n) is 9.76. The van der Waals surface area contributed by atoms with Gasteiger partial charge < -0.3 is 9.47 Å². The Kier molecular flexibility index (Phi) is 8.66. The van der Waals surface area contributed by atoms with Gasteiger partial charge in [0.1, 0.15) is 35.7 Å². The summed E-state index contributed by atoms with van der Waals surface area (Å²) in [6.45, 7) is 0. The van der Waals surface area contributed by atoms with Crippen LogP contribution in [0.1, 0.15) is 0 Å². The Bertz CT molecular complexity index is 2840. The maximum Gasteiger partial charge on any atom is 0.237 e. The zero-order valence-corrected chi connectivity index (χ0v) is 30.5. The van der Waals surface area contributed by atoms with Crippen LogP contribution in [0.25, 0.3) is 72.8 Å². The number of hydrogen-bond acceptors (Lipinski definition) is 7. The molecule has 0 radical (unpaired) electrons. The Morgan fingerprint density at radius 1 is 0.351 bits per heavy atom. The molecule has 6 aromatic carbocycles. The molecule has 0 bridgehead atoms. The van der Waals surface area contributed by atoms with E-state index in [4.69, 9.17) is 19.4 Å². The second kappa shape index (κ2) is 14.7. The van der Waals surface area contributed by atoms with Crippen molar-refractivity contribution in [3.63, 3.8) is 0 Å². The van der Waals surface area contributed by atoms with Crippen LogP contribution in [0.4, 0.5) is 0 Å². The average molecular weight is 737 g/mol. The number of aromatic nitrogens is 6. The highest BCUT2D eigenvalue weighted by molar-refractivity contribution is 6.09. The van der Waals surface area contributed by atoms with Gasteiger partial charge in [-0.05, 0) is 72.8 Å². The van der Waals surface area contributed by atoms with E-state index in [9.17, 15) is 0 Å². The van der Waals surface area contributed by atoms with E-state index in [1.54, 1.807) is 0 Å². The van der Waals surface area contributed by atoms with Crippen LogP contribution >= 0.6 is 0 Å². The molecule has 10 aromatic rings. The molecule has 0 amide bonds. The minimum atomic E-state index is 0.483. The van der Waals surface area contributed by atoms with E-state index in [1.165, 1.54) is 12.7 Å². The molecular weight excluding hydrogens is 705 g/mol. The van der Waals surface area contributed by atoms with Gasteiger partial charge in [0, 0.05) is 45.2 Å². The zero-order valence-electron chi connectivity index (χ0n) is 30.5. The smallest absolute Gasteiger partial charge is 0.237 e. The van der Waals surface area contributed by atoms with Crippen LogP contribution in [0.3, 0.4) is 0 Å². The minimum Gasteiger partial charge on any atom is -0.457 e. The van der Waals surface area contributed by atoms with Gasteiger partial charge in [0.15, 0.2) is 0 Å². The second-order valence-corrected chi connectivity index (χ2v) is 13.4. The molecule has 4 aromatic heterocycles. The molecule has 8 heteroatoms. The largest absolute Gasteiger partial charge is 0.457 e. The third kappa shape index (κ3) is 6.83. The molecule has 0 fully saturated rings. The second-order valence-electron chi connectivity index (χ2n) is 13.4. The molecule has 0 aliphatic heterocycles. The topological polar surface area (TPSA) is 87.8 Å². The molecular formula is C49H32N6O2. The molecule has 0 saturated carbocycles. The Morgan fingerprint density at radius 3 is 1.23 bits per heavy atom. The molecule has 0 spiro atoms. The first kappa shape index (κ1) is 33.6. The Balaban J connectivity index is 0.974. The van der Waals surface area contributed by atoms with Crippen LogP contribution in [0.5, 0.6) is 23.0 Å². The first-order valence-corrected chi connectivity index (χ1v) is 18.5. The van der Waals surface area contributed by atoms with E-state index in [0.717, 1.165) is 66.8 Å². The highest BCUT2D eigenvalue weighted by Gasteiger charge is 2.17.